The Hall–Kier alpha value is -2.41. The van der Waals surface area contributed by atoms with Gasteiger partial charge in [0.15, 0.2) is 5.10 Å². The summed E-state index contributed by atoms with van der Waals surface area (Å²) < 4.78 is 25.9. The molecule has 0 heterocycles. The maximum absolute atomic E-state index is 6.54. The molecular weight excluding hydrogens is 356 g/mol. The lowest BCUT2D eigenvalue weighted by Crippen LogP contribution is -2.01. The van der Waals surface area contributed by atoms with Gasteiger partial charge in [-0.25, -0.2) is 10.8 Å². The zero-order valence-corrected chi connectivity index (χ0v) is 14.5. The molecule has 0 aliphatic rings. The van der Waals surface area contributed by atoms with E-state index in [1.54, 1.807) is 0 Å². The Morgan fingerprint density at radius 1 is 0.720 bits per heavy atom. The molecule has 0 spiro atoms. The van der Waals surface area contributed by atoms with Gasteiger partial charge in [-0.1, -0.05) is 22.3 Å². The molecule has 0 fully saturated rings. The van der Waals surface area contributed by atoms with Crippen LogP contribution in [0.15, 0.2) is 5.10 Å². The molecule has 25 heavy (non-hydrogen) atoms. The van der Waals surface area contributed by atoms with Gasteiger partial charge in [-0.15, -0.1) is 16.6 Å². The van der Waals surface area contributed by atoms with Gasteiger partial charge >= 0.3 is 18.3 Å². The largest absolute Gasteiger partial charge is 0.463 e. The molecule has 2 N–H and O–H groups in total. The van der Waals surface area contributed by atoms with Crippen molar-refractivity contribution >= 4 is 29.9 Å². The fraction of sp³-hybridized carbons (Fsp3) is 0.714. The van der Waals surface area contributed by atoms with Crippen LogP contribution in [0.25, 0.3) is 4.95 Å². The molecule has 0 bridgehead atoms. The van der Waals surface area contributed by atoms with Crippen molar-refractivity contribution in [3.8, 4) is 0 Å². The Balaban J connectivity index is -0.0000000353. The normalized spacial score (nSPS) is 5.72. The van der Waals surface area contributed by atoms with E-state index >= 15 is 0 Å². The first-order chi connectivity index (χ1) is 10.5. The molecule has 154 valence electrons. The average molecular weight is 391 g/mol. The van der Waals surface area contributed by atoms with E-state index < -0.39 is 0 Å². The fourth-order valence-corrected chi connectivity index (χ4v) is 0.372. The first-order valence-electron chi connectivity index (χ1n) is 5.20. The van der Waals surface area contributed by atoms with Crippen molar-refractivity contribution in [2.24, 2.45) is 5.10 Å². The van der Waals surface area contributed by atoms with Crippen molar-refractivity contribution < 1.29 is 28.4 Å². The first-order valence-corrected chi connectivity index (χ1v) is 5.96. The van der Waals surface area contributed by atoms with Gasteiger partial charge in [0.2, 0.25) is 0 Å². The van der Waals surface area contributed by atoms with Crippen LogP contribution < -0.4 is 0 Å². The summed E-state index contributed by atoms with van der Waals surface area (Å²) >= 11 is 4.64. The lowest BCUT2D eigenvalue weighted by molar-refractivity contribution is 0.238. The second kappa shape index (κ2) is 43.0. The second-order valence-corrected chi connectivity index (χ2v) is 2.27. The Kier molecular flexibility index (Phi) is 74.5. The number of alkyl halides is 1. The van der Waals surface area contributed by atoms with Crippen molar-refractivity contribution in [1.29, 1.82) is 10.8 Å². The Morgan fingerprint density at radius 3 is 1.00 bits per heavy atom. The molecule has 0 unspecified atom stereocenters. The van der Waals surface area contributed by atoms with E-state index in [1.165, 1.54) is 49.0 Å². The van der Waals surface area contributed by atoms with Gasteiger partial charge in [0.1, 0.15) is 0 Å². The number of hydrogen-bond acceptors (Lipinski definition) is 9. The molecule has 0 aromatic heterocycles. The van der Waals surface area contributed by atoms with Crippen molar-refractivity contribution in [3.05, 3.63) is 11.5 Å². The Bertz CT molecular complexity index is 302. The first kappa shape index (κ1) is 43.3. The summed E-state index contributed by atoms with van der Waals surface area (Å²) in [5.41, 5.74) is 0. The van der Waals surface area contributed by atoms with Gasteiger partial charge in [0, 0.05) is 6.38 Å². The molecule has 0 aromatic carbocycles. The summed E-state index contributed by atoms with van der Waals surface area (Å²) in [6.07, 6.45) is 1.14. The van der Waals surface area contributed by atoms with Crippen LogP contribution in [0, 0.1) is 17.4 Å². The van der Waals surface area contributed by atoms with Crippen molar-refractivity contribution in [2.75, 3.05) is 49.0 Å². The van der Waals surface area contributed by atoms with Crippen LogP contribution in [0.3, 0.4) is 0 Å². The number of hydrogen-bond donors (Lipinski definition) is 2. The molecule has 11 heteroatoms. The Morgan fingerprint density at radius 2 is 0.960 bits per heavy atom. The molecule has 0 aromatic rings. The third-order valence-electron chi connectivity index (χ3n) is 1.22. The molecule has 0 saturated heterocycles. The van der Waals surface area contributed by atoms with Crippen LogP contribution in [-0.4, -0.2) is 67.3 Å². The monoisotopic (exact) mass is 390 g/mol. The predicted molar refractivity (Wildman–Crippen MR) is 104 cm³/mol. The molecule has 10 nitrogen and oxygen atoms in total. The van der Waals surface area contributed by atoms with Crippen molar-refractivity contribution in [3.63, 3.8) is 0 Å². The standard InChI is InChI=1S/C4H6N2O2.2C3H7NO2.CH3Cl.3CH4/c1-5-6-4(7-2)8-3;2*1-5-3(4)6-2;1-2;;;/h2-3H3;2*4H,1-2H3;1H3;3*1H4. The zero-order chi connectivity index (χ0) is 18.4. The topological polar surface area (TPSA) is 120 Å². The Labute approximate surface area is 157 Å². The average Bonchev–Trinajstić information content (AvgIpc) is 2.60. The molecule has 0 atom stereocenters. The van der Waals surface area contributed by atoms with Crippen LogP contribution in [0.5, 0.6) is 0 Å². The fourth-order valence-electron chi connectivity index (χ4n) is 0.372. The van der Waals surface area contributed by atoms with E-state index in [9.17, 15) is 0 Å². The third kappa shape index (κ3) is 52.3. The highest BCUT2D eigenvalue weighted by atomic mass is 35.5. The lowest BCUT2D eigenvalue weighted by atomic mass is 11.2. The lowest BCUT2D eigenvalue weighted by Gasteiger charge is -1.94. The SMILES string of the molecule is C.C.C.CCl.COC(=N)OC.COC(=N)OC.[C-]#[N+]N=C(OC)OC. The molecule has 0 rings (SSSR count). The molecule has 0 aliphatic carbocycles. The van der Waals surface area contributed by atoms with E-state index in [0.717, 1.165) is 0 Å². The van der Waals surface area contributed by atoms with Gasteiger partial charge in [0.25, 0.3) is 0 Å². The highest BCUT2D eigenvalue weighted by Gasteiger charge is 1.95. The number of methoxy groups -OCH3 is 6. The minimum absolute atomic E-state index is 0. The minimum Gasteiger partial charge on any atom is -0.454 e. The minimum atomic E-state index is -0.157. The van der Waals surface area contributed by atoms with Crippen LogP contribution in [0.4, 0.5) is 0 Å². The van der Waals surface area contributed by atoms with Gasteiger partial charge in [-0.05, 0) is 0 Å². The maximum Gasteiger partial charge on any atom is 0.463 e. The molecule has 0 aliphatic heterocycles. The van der Waals surface area contributed by atoms with Crippen molar-refractivity contribution in [2.45, 2.75) is 22.3 Å². The van der Waals surface area contributed by atoms with Gasteiger partial charge in [-0.3, -0.25) is 0 Å². The number of nitrogens with zero attached hydrogens (tertiary/aromatic N) is 2. The van der Waals surface area contributed by atoms with Gasteiger partial charge < -0.3 is 28.4 Å². The zero-order valence-electron chi connectivity index (χ0n) is 13.7. The maximum atomic E-state index is 6.54. The van der Waals surface area contributed by atoms with E-state index in [-0.39, 0.29) is 40.5 Å². The smallest absolute Gasteiger partial charge is 0.454 e. The van der Waals surface area contributed by atoms with Crippen molar-refractivity contribution in [1.82, 2.24) is 0 Å². The molecule has 0 saturated carbocycles. The highest BCUT2D eigenvalue weighted by Crippen LogP contribution is 1.79. The second-order valence-electron chi connectivity index (χ2n) is 2.27. The third-order valence-corrected chi connectivity index (χ3v) is 1.22. The summed E-state index contributed by atoms with van der Waals surface area (Å²) in [4.78, 5) is 2.67. The molecular formula is C14H35ClN4O6. The van der Waals surface area contributed by atoms with Crippen LogP contribution in [0.2, 0.25) is 0 Å². The number of ether oxygens (including phenoxy) is 6. The van der Waals surface area contributed by atoms with E-state index in [4.69, 9.17) is 17.4 Å². The number of nitrogens with one attached hydrogen (secondary N) is 2. The van der Waals surface area contributed by atoms with E-state index in [1.807, 2.05) is 0 Å². The summed E-state index contributed by atoms with van der Waals surface area (Å²) in [5, 5.41) is 16.2. The summed E-state index contributed by atoms with van der Waals surface area (Å²) in [6, 6.07) is 0. The summed E-state index contributed by atoms with van der Waals surface area (Å²) in [6.45, 7) is 6.22. The number of halogens is 1. The van der Waals surface area contributed by atoms with E-state index in [0.29, 0.717) is 0 Å². The molecule has 0 amide bonds. The van der Waals surface area contributed by atoms with Gasteiger partial charge in [-0.2, -0.15) is 6.57 Å². The molecule has 0 radical (unpaired) electrons. The van der Waals surface area contributed by atoms with Gasteiger partial charge in [0.05, 0.1) is 42.7 Å². The predicted octanol–water partition coefficient (Wildman–Crippen LogP) is 3.66. The van der Waals surface area contributed by atoms with E-state index in [2.05, 4.69) is 50.1 Å². The van der Waals surface area contributed by atoms with Crippen LogP contribution >= 0.6 is 11.6 Å². The highest BCUT2D eigenvalue weighted by molar-refractivity contribution is 6.15. The van der Waals surface area contributed by atoms with Crippen LogP contribution in [0.1, 0.15) is 22.3 Å². The summed E-state index contributed by atoms with van der Waals surface area (Å²) in [7, 11) is 8.29. The number of rotatable bonds is 0. The summed E-state index contributed by atoms with van der Waals surface area (Å²) in [5.74, 6) is 0. The quantitative estimate of drug-likeness (QED) is 0.214. The van der Waals surface area contributed by atoms with Crippen LogP contribution in [-0.2, 0) is 28.4 Å².